The van der Waals surface area contributed by atoms with E-state index in [1.165, 1.54) is 9.75 Å². The zero-order chi connectivity index (χ0) is 11.5. The highest BCUT2D eigenvalue weighted by atomic mass is 35.5. The minimum Gasteiger partial charge on any atom is -0.330 e. The van der Waals surface area contributed by atoms with Crippen molar-refractivity contribution in [3.8, 4) is 10.4 Å². The van der Waals surface area contributed by atoms with Crippen molar-refractivity contribution in [1.29, 1.82) is 0 Å². The van der Waals surface area contributed by atoms with Crippen molar-refractivity contribution in [1.82, 2.24) is 0 Å². The van der Waals surface area contributed by atoms with Crippen LogP contribution in [0.2, 0.25) is 5.02 Å². The lowest BCUT2D eigenvalue weighted by atomic mass is 10.1. The maximum atomic E-state index is 6.16. The molecule has 84 valence electrons. The first kappa shape index (κ1) is 11.6. The molecule has 1 aromatic carbocycles. The monoisotopic (exact) mass is 251 g/mol. The zero-order valence-corrected chi connectivity index (χ0v) is 10.7. The van der Waals surface area contributed by atoms with E-state index in [2.05, 4.69) is 19.1 Å². The van der Waals surface area contributed by atoms with Crippen LogP contribution in [-0.4, -0.2) is 6.54 Å². The third kappa shape index (κ3) is 2.29. The van der Waals surface area contributed by atoms with Crippen molar-refractivity contribution in [2.45, 2.75) is 12.8 Å². The average molecular weight is 252 g/mol. The van der Waals surface area contributed by atoms with Crippen LogP contribution in [0.25, 0.3) is 10.4 Å². The Morgan fingerprint density at radius 1 is 1.25 bits per heavy atom. The first-order valence-corrected chi connectivity index (χ1v) is 6.46. The van der Waals surface area contributed by atoms with Gasteiger partial charge in [0, 0.05) is 26.3 Å². The van der Waals surface area contributed by atoms with E-state index in [1.54, 1.807) is 11.3 Å². The van der Waals surface area contributed by atoms with Gasteiger partial charge in [0.05, 0.1) is 0 Å². The first-order chi connectivity index (χ1) is 7.72. The van der Waals surface area contributed by atoms with Gasteiger partial charge < -0.3 is 5.73 Å². The molecule has 0 fully saturated rings. The number of thiophene rings is 1. The summed E-state index contributed by atoms with van der Waals surface area (Å²) in [7, 11) is 0. The zero-order valence-electron chi connectivity index (χ0n) is 9.11. The summed E-state index contributed by atoms with van der Waals surface area (Å²) in [6, 6.07) is 12.2. The summed E-state index contributed by atoms with van der Waals surface area (Å²) in [5.74, 6) is 0.418. The van der Waals surface area contributed by atoms with Gasteiger partial charge in [-0.25, -0.2) is 0 Å². The minimum absolute atomic E-state index is 0.418. The number of benzene rings is 1. The Kier molecular flexibility index (Phi) is 3.64. The Morgan fingerprint density at radius 3 is 2.69 bits per heavy atom. The van der Waals surface area contributed by atoms with Gasteiger partial charge in [-0.05, 0) is 24.7 Å². The fourth-order valence-electron chi connectivity index (χ4n) is 1.54. The van der Waals surface area contributed by atoms with E-state index >= 15 is 0 Å². The normalized spacial score (nSPS) is 12.7. The van der Waals surface area contributed by atoms with Crippen LogP contribution in [0.3, 0.4) is 0 Å². The van der Waals surface area contributed by atoms with Crippen LogP contribution in [0.4, 0.5) is 0 Å². The summed E-state index contributed by atoms with van der Waals surface area (Å²) < 4.78 is 0. The van der Waals surface area contributed by atoms with Gasteiger partial charge in [-0.1, -0.05) is 36.7 Å². The molecule has 2 rings (SSSR count). The van der Waals surface area contributed by atoms with E-state index in [0.29, 0.717) is 12.5 Å². The van der Waals surface area contributed by atoms with Crippen LogP contribution >= 0.6 is 22.9 Å². The quantitative estimate of drug-likeness (QED) is 0.872. The summed E-state index contributed by atoms with van der Waals surface area (Å²) in [6.07, 6.45) is 0. The molecule has 0 saturated heterocycles. The molecule has 0 aliphatic carbocycles. The third-order valence-corrected chi connectivity index (χ3v) is 4.29. The Bertz CT molecular complexity index is 478. The first-order valence-electron chi connectivity index (χ1n) is 5.27. The van der Waals surface area contributed by atoms with Crippen LogP contribution < -0.4 is 5.73 Å². The molecule has 0 radical (unpaired) electrons. The second-order valence-electron chi connectivity index (χ2n) is 3.82. The molecule has 1 atom stereocenters. The van der Waals surface area contributed by atoms with Gasteiger partial charge in [-0.3, -0.25) is 0 Å². The summed E-state index contributed by atoms with van der Waals surface area (Å²) >= 11 is 7.93. The van der Waals surface area contributed by atoms with E-state index in [4.69, 9.17) is 17.3 Å². The highest BCUT2D eigenvalue weighted by molar-refractivity contribution is 7.15. The average Bonchev–Trinajstić information content (AvgIpc) is 2.78. The molecule has 0 bridgehead atoms. The second kappa shape index (κ2) is 5.00. The van der Waals surface area contributed by atoms with Crippen LogP contribution in [0.15, 0.2) is 36.4 Å². The standard InChI is InChI=1S/C13H14ClNS/c1-9(8-15)12-6-7-13(16-12)10-4-2-3-5-11(10)14/h2-7,9H,8,15H2,1H3. The summed E-state index contributed by atoms with van der Waals surface area (Å²) in [5, 5.41) is 0.802. The van der Waals surface area contributed by atoms with Gasteiger partial charge in [0.25, 0.3) is 0 Å². The highest BCUT2D eigenvalue weighted by Crippen LogP contribution is 2.35. The van der Waals surface area contributed by atoms with Crippen molar-refractivity contribution in [3.05, 3.63) is 46.3 Å². The van der Waals surface area contributed by atoms with Gasteiger partial charge in [0.2, 0.25) is 0 Å². The van der Waals surface area contributed by atoms with Crippen molar-refractivity contribution in [2.75, 3.05) is 6.54 Å². The van der Waals surface area contributed by atoms with Crippen molar-refractivity contribution in [3.63, 3.8) is 0 Å². The van der Waals surface area contributed by atoms with Gasteiger partial charge in [-0.15, -0.1) is 11.3 Å². The lowest BCUT2D eigenvalue weighted by molar-refractivity contribution is 0.790. The molecule has 16 heavy (non-hydrogen) atoms. The molecule has 2 N–H and O–H groups in total. The topological polar surface area (TPSA) is 26.0 Å². The van der Waals surface area contributed by atoms with Crippen LogP contribution in [-0.2, 0) is 0 Å². The number of halogens is 1. The maximum Gasteiger partial charge on any atom is 0.0492 e. The lowest BCUT2D eigenvalue weighted by Gasteiger charge is -2.04. The molecule has 2 aromatic rings. The Hall–Kier alpha value is -0.830. The van der Waals surface area contributed by atoms with E-state index < -0.39 is 0 Å². The molecular formula is C13H14ClNS. The Balaban J connectivity index is 2.35. The number of hydrogen-bond donors (Lipinski definition) is 1. The summed E-state index contributed by atoms with van der Waals surface area (Å²) in [4.78, 5) is 2.53. The maximum absolute atomic E-state index is 6.16. The van der Waals surface area contributed by atoms with Gasteiger partial charge in [0.15, 0.2) is 0 Å². The predicted octanol–water partition coefficient (Wildman–Crippen LogP) is 4.13. The number of hydrogen-bond acceptors (Lipinski definition) is 2. The number of rotatable bonds is 3. The fourth-order valence-corrected chi connectivity index (χ4v) is 2.94. The molecule has 0 spiro atoms. The minimum atomic E-state index is 0.418. The molecule has 0 aliphatic rings. The van der Waals surface area contributed by atoms with Gasteiger partial charge in [0.1, 0.15) is 0 Å². The third-order valence-electron chi connectivity index (χ3n) is 2.61. The van der Waals surface area contributed by atoms with E-state index in [9.17, 15) is 0 Å². The highest BCUT2D eigenvalue weighted by Gasteiger charge is 2.09. The molecule has 0 amide bonds. The smallest absolute Gasteiger partial charge is 0.0492 e. The van der Waals surface area contributed by atoms with E-state index in [0.717, 1.165) is 10.6 Å². The fraction of sp³-hybridized carbons (Fsp3) is 0.231. The van der Waals surface area contributed by atoms with Crippen molar-refractivity contribution < 1.29 is 0 Å². The lowest BCUT2D eigenvalue weighted by Crippen LogP contribution is -2.06. The summed E-state index contributed by atoms with van der Waals surface area (Å²) in [6.45, 7) is 2.82. The second-order valence-corrected chi connectivity index (χ2v) is 5.34. The predicted molar refractivity (Wildman–Crippen MR) is 72.2 cm³/mol. The van der Waals surface area contributed by atoms with Crippen LogP contribution in [0.1, 0.15) is 17.7 Å². The molecule has 1 unspecified atom stereocenters. The van der Waals surface area contributed by atoms with Crippen molar-refractivity contribution in [2.24, 2.45) is 5.73 Å². The van der Waals surface area contributed by atoms with Crippen LogP contribution in [0.5, 0.6) is 0 Å². The van der Waals surface area contributed by atoms with Gasteiger partial charge in [-0.2, -0.15) is 0 Å². The Labute approximate surface area is 105 Å². The molecular weight excluding hydrogens is 238 g/mol. The molecule has 3 heteroatoms. The molecule has 0 aliphatic heterocycles. The largest absolute Gasteiger partial charge is 0.330 e. The molecule has 1 heterocycles. The SMILES string of the molecule is CC(CN)c1ccc(-c2ccccc2Cl)s1. The van der Waals surface area contributed by atoms with Crippen molar-refractivity contribution >= 4 is 22.9 Å². The van der Waals surface area contributed by atoms with E-state index in [-0.39, 0.29) is 0 Å². The molecule has 1 nitrogen and oxygen atoms in total. The summed E-state index contributed by atoms with van der Waals surface area (Å²) in [5.41, 5.74) is 6.76. The Morgan fingerprint density at radius 2 is 2.00 bits per heavy atom. The van der Waals surface area contributed by atoms with E-state index in [1.807, 2.05) is 24.3 Å². The number of nitrogens with two attached hydrogens (primary N) is 1. The van der Waals surface area contributed by atoms with Gasteiger partial charge >= 0.3 is 0 Å². The molecule has 1 aromatic heterocycles. The van der Waals surface area contributed by atoms with Crippen LogP contribution in [0, 0.1) is 0 Å². The molecule has 0 saturated carbocycles.